The fourth-order valence-corrected chi connectivity index (χ4v) is 3.02. The molecule has 0 aromatic heterocycles. The lowest BCUT2D eigenvalue weighted by molar-refractivity contribution is -0.121. The molecule has 1 aliphatic heterocycles. The van der Waals surface area contributed by atoms with E-state index < -0.39 is 0 Å². The van der Waals surface area contributed by atoms with Gasteiger partial charge in [-0.25, -0.2) is 0 Å². The number of carbonyl (C=O) groups excluding carboxylic acids is 1. The van der Waals surface area contributed by atoms with Gasteiger partial charge in [-0.2, -0.15) is 0 Å². The van der Waals surface area contributed by atoms with E-state index in [4.69, 9.17) is 10.5 Å². The number of nitrogens with two attached hydrogens (primary N) is 1. The van der Waals surface area contributed by atoms with Crippen LogP contribution in [0.1, 0.15) is 31.2 Å². The van der Waals surface area contributed by atoms with E-state index in [2.05, 4.69) is 45.5 Å². The molecule has 22 heavy (non-hydrogen) atoms. The average Bonchev–Trinajstić information content (AvgIpc) is 2.52. The monoisotopic (exact) mass is 390 g/mol. The topological polar surface area (TPSA) is 64.4 Å². The Balaban J connectivity index is 0.00000242. The van der Waals surface area contributed by atoms with Gasteiger partial charge in [0, 0.05) is 36.1 Å². The predicted molar refractivity (Wildman–Crippen MR) is 94.4 cm³/mol. The highest BCUT2D eigenvalue weighted by Gasteiger charge is 2.34. The molecule has 0 aliphatic carbocycles. The standard InChI is InChI=1S/C16H23BrN2O2.ClH/c17-14-5-3-13(4-6-14)16(7-10-21-11-8-16)12-19-15(20)2-1-9-18;/h3-6H,1-2,7-12,18H2,(H,19,20);1H. The molecule has 1 aromatic rings. The Labute approximate surface area is 146 Å². The Hall–Kier alpha value is -0.620. The minimum atomic E-state index is -0.0165. The molecular weight excluding hydrogens is 368 g/mol. The SMILES string of the molecule is Cl.NCCCC(=O)NCC1(c2ccc(Br)cc2)CCOCC1. The van der Waals surface area contributed by atoms with E-state index in [0.717, 1.165) is 36.9 Å². The first-order chi connectivity index (χ1) is 10.2. The van der Waals surface area contributed by atoms with Crippen LogP contribution in [-0.4, -0.2) is 32.2 Å². The first-order valence-electron chi connectivity index (χ1n) is 7.47. The zero-order valence-electron chi connectivity index (χ0n) is 12.6. The van der Waals surface area contributed by atoms with Crippen LogP contribution < -0.4 is 11.1 Å². The van der Waals surface area contributed by atoms with Gasteiger partial charge in [0.15, 0.2) is 0 Å². The number of hydrogen-bond donors (Lipinski definition) is 2. The van der Waals surface area contributed by atoms with Gasteiger partial charge in [-0.3, -0.25) is 4.79 Å². The van der Waals surface area contributed by atoms with Crippen molar-refractivity contribution in [2.75, 3.05) is 26.3 Å². The molecule has 2 rings (SSSR count). The summed E-state index contributed by atoms with van der Waals surface area (Å²) in [6.45, 7) is 2.71. The number of benzene rings is 1. The zero-order valence-corrected chi connectivity index (χ0v) is 15.0. The van der Waals surface area contributed by atoms with Crippen LogP contribution in [0.2, 0.25) is 0 Å². The number of halogens is 2. The molecule has 1 amide bonds. The lowest BCUT2D eigenvalue weighted by atomic mass is 9.74. The predicted octanol–water partition coefficient (Wildman–Crippen LogP) is 2.77. The van der Waals surface area contributed by atoms with E-state index >= 15 is 0 Å². The normalized spacial score (nSPS) is 16.6. The van der Waals surface area contributed by atoms with Crippen molar-refractivity contribution in [3.05, 3.63) is 34.3 Å². The highest BCUT2D eigenvalue weighted by atomic mass is 79.9. The van der Waals surface area contributed by atoms with Crippen LogP contribution in [0.25, 0.3) is 0 Å². The number of hydrogen-bond acceptors (Lipinski definition) is 3. The maximum absolute atomic E-state index is 11.9. The molecule has 1 saturated heterocycles. The fraction of sp³-hybridized carbons (Fsp3) is 0.562. The summed E-state index contributed by atoms with van der Waals surface area (Å²) in [4.78, 5) is 11.9. The van der Waals surface area contributed by atoms with Crippen LogP contribution in [0.3, 0.4) is 0 Å². The minimum Gasteiger partial charge on any atom is -0.381 e. The summed E-state index contributed by atoms with van der Waals surface area (Å²) < 4.78 is 6.57. The van der Waals surface area contributed by atoms with E-state index in [1.165, 1.54) is 5.56 Å². The summed E-state index contributed by atoms with van der Waals surface area (Å²) in [6.07, 6.45) is 3.11. The molecule has 0 spiro atoms. The van der Waals surface area contributed by atoms with Crippen molar-refractivity contribution in [3.8, 4) is 0 Å². The van der Waals surface area contributed by atoms with Gasteiger partial charge in [-0.05, 0) is 43.5 Å². The molecule has 0 radical (unpaired) electrons. The summed E-state index contributed by atoms with van der Waals surface area (Å²) in [6, 6.07) is 8.40. The summed E-state index contributed by atoms with van der Waals surface area (Å²) in [5.41, 5.74) is 6.70. The van der Waals surface area contributed by atoms with E-state index in [9.17, 15) is 4.79 Å². The first kappa shape index (κ1) is 19.4. The van der Waals surface area contributed by atoms with Crippen molar-refractivity contribution in [1.29, 1.82) is 0 Å². The van der Waals surface area contributed by atoms with Crippen molar-refractivity contribution >= 4 is 34.2 Å². The third-order valence-electron chi connectivity index (χ3n) is 4.14. The smallest absolute Gasteiger partial charge is 0.220 e. The molecule has 0 atom stereocenters. The number of rotatable bonds is 6. The molecule has 1 aromatic carbocycles. The molecule has 0 bridgehead atoms. The number of nitrogens with one attached hydrogen (secondary N) is 1. The van der Waals surface area contributed by atoms with Crippen LogP contribution in [0.5, 0.6) is 0 Å². The minimum absolute atomic E-state index is 0. The Morgan fingerprint density at radius 3 is 2.50 bits per heavy atom. The van der Waals surface area contributed by atoms with Crippen molar-refractivity contribution in [2.24, 2.45) is 5.73 Å². The highest BCUT2D eigenvalue weighted by molar-refractivity contribution is 9.10. The third-order valence-corrected chi connectivity index (χ3v) is 4.67. The summed E-state index contributed by atoms with van der Waals surface area (Å²) in [7, 11) is 0. The fourth-order valence-electron chi connectivity index (χ4n) is 2.75. The number of amides is 1. The van der Waals surface area contributed by atoms with E-state index in [1.54, 1.807) is 0 Å². The maximum Gasteiger partial charge on any atom is 0.220 e. The zero-order chi connectivity index (χ0) is 15.1. The van der Waals surface area contributed by atoms with E-state index in [1.807, 2.05) is 0 Å². The van der Waals surface area contributed by atoms with Crippen LogP contribution in [0, 0.1) is 0 Å². The van der Waals surface area contributed by atoms with Gasteiger partial charge in [0.05, 0.1) is 0 Å². The second kappa shape index (κ2) is 9.50. The molecule has 1 heterocycles. The van der Waals surface area contributed by atoms with Gasteiger partial charge in [0.2, 0.25) is 5.91 Å². The Morgan fingerprint density at radius 1 is 1.27 bits per heavy atom. The molecular formula is C16H24BrClN2O2. The third kappa shape index (κ3) is 5.23. The molecule has 124 valence electrons. The van der Waals surface area contributed by atoms with E-state index in [-0.39, 0.29) is 23.7 Å². The number of ether oxygens (including phenoxy) is 1. The lowest BCUT2D eigenvalue weighted by Crippen LogP contribution is -2.44. The Bertz CT molecular complexity index is 462. The molecule has 6 heteroatoms. The number of carbonyl (C=O) groups is 1. The van der Waals surface area contributed by atoms with Gasteiger partial charge in [0.1, 0.15) is 0 Å². The Morgan fingerprint density at radius 2 is 1.91 bits per heavy atom. The summed E-state index contributed by atoms with van der Waals surface area (Å²) in [5.74, 6) is 0.0865. The van der Waals surface area contributed by atoms with Crippen LogP contribution in [0.15, 0.2) is 28.7 Å². The van der Waals surface area contributed by atoms with Gasteiger partial charge < -0.3 is 15.8 Å². The summed E-state index contributed by atoms with van der Waals surface area (Å²) in [5, 5.41) is 3.08. The van der Waals surface area contributed by atoms with Gasteiger partial charge in [-0.15, -0.1) is 12.4 Å². The van der Waals surface area contributed by atoms with Gasteiger partial charge in [-0.1, -0.05) is 28.1 Å². The largest absolute Gasteiger partial charge is 0.381 e. The van der Waals surface area contributed by atoms with Gasteiger partial charge in [0.25, 0.3) is 0 Å². The second-order valence-electron chi connectivity index (χ2n) is 5.57. The van der Waals surface area contributed by atoms with Crippen molar-refractivity contribution in [3.63, 3.8) is 0 Å². The first-order valence-corrected chi connectivity index (χ1v) is 8.26. The second-order valence-corrected chi connectivity index (χ2v) is 6.48. The van der Waals surface area contributed by atoms with Crippen LogP contribution >= 0.6 is 28.3 Å². The Kier molecular flexibility index (Phi) is 8.39. The van der Waals surface area contributed by atoms with Crippen molar-refractivity contribution in [2.45, 2.75) is 31.1 Å². The average molecular weight is 392 g/mol. The highest BCUT2D eigenvalue weighted by Crippen LogP contribution is 2.34. The molecule has 1 fully saturated rings. The molecule has 1 aliphatic rings. The van der Waals surface area contributed by atoms with Gasteiger partial charge >= 0.3 is 0 Å². The summed E-state index contributed by atoms with van der Waals surface area (Å²) >= 11 is 3.47. The molecule has 0 unspecified atom stereocenters. The lowest BCUT2D eigenvalue weighted by Gasteiger charge is -2.38. The van der Waals surface area contributed by atoms with Crippen molar-refractivity contribution in [1.82, 2.24) is 5.32 Å². The quantitative estimate of drug-likeness (QED) is 0.784. The molecule has 3 N–H and O–H groups in total. The van der Waals surface area contributed by atoms with Crippen molar-refractivity contribution < 1.29 is 9.53 Å². The maximum atomic E-state index is 11.9. The molecule has 4 nitrogen and oxygen atoms in total. The van der Waals surface area contributed by atoms with Crippen LogP contribution in [-0.2, 0) is 14.9 Å². The van der Waals surface area contributed by atoms with E-state index in [0.29, 0.717) is 19.5 Å². The molecule has 0 saturated carbocycles. The van der Waals surface area contributed by atoms with Crippen LogP contribution in [0.4, 0.5) is 0 Å².